The third-order valence-electron chi connectivity index (χ3n) is 4.58. The topological polar surface area (TPSA) is 135 Å². The van der Waals surface area contributed by atoms with E-state index in [0.29, 0.717) is 18.7 Å². The highest BCUT2D eigenvalue weighted by Crippen LogP contribution is 2.40. The standard InChI is InChI=1S/C20H31ClO10/c1-12(23)27-17-16(11-22)31-20(30-15(4)26,9-7-5-6-8-10-21)19(29-14(3)25)18(17)28-13(2)24/h16-19,22H,5-11H2,1-4H3/t16-,17-,18+,19+,20+/m1/s1. The van der Waals surface area contributed by atoms with Crippen LogP contribution in [-0.4, -0.2) is 71.7 Å². The zero-order valence-corrected chi connectivity index (χ0v) is 19.0. The Labute approximate surface area is 186 Å². The van der Waals surface area contributed by atoms with Crippen LogP contribution in [0.5, 0.6) is 0 Å². The Morgan fingerprint density at radius 3 is 1.87 bits per heavy atom. The molecule has 0 saturated carbocycles. The molecule has 0 aromatic heterocycles. The van der Waals surface area contributed by atoms with Gasteiger partial charge in [-0.25, -0.2) is 0 Å². The summed E-state index contributed by atoms with van der Waals surface area (Å²) >= 11 is 5.70. The molecule has 0 aromatic rings. The van der Waals surface area contributed by atoms with Crippen molar-refractivity contribution in [2.45, 2.75) is 90.0 Å². The van der Waals surface area contributed by atoms with Crippen molar-refractivity contribution in [3.8, 4) is 0 Å². The van der Waals surface area contributed by atoms with E-state index in [9.17, 15) is 24.3 Å². The van der Waals surface area contributed by atoms with Crippen molar-refractivity contribution < 1.29 is 48.0 Å². The molecule has 0 aromatic carbocycles. The van der Waals surface area contributed by atoms with Crippen LogP contribution in [0.25, 0.3) is 0 Å². The number of esters is 4. The Kier molecular flexibility index (Phi) is 11.2. The molecule has 1 heterocycles. The number of hydrogen-bond donors (Lipinski definition) is 1. The number of carbonyl (C=O) groups is 4. The summed E-state index contributed by atoms with van der Waals surface area (Å²) in [5, 5.41) is 9.88. The molecule has 1 aliphatic heterocycles. The summed E-state index contributed by atoms with van der Waals surface area (Å²) in [5.41, 5.74) is 0. The monoisotopic (exact) mass is 466 g/mol. The molecular formula is C20H31ClO10. The van der Waals surface area contributed by atoms with Gasteiger partial charge in [0.05, 0.1) is 6.61 Å². The van der Waals surface area contributed by atoms with E-state index in [4.69, 9.17) is 35.3 Å². The van der Waals surface area contributed by atoms with Gasteiger partial charge < -0.3 is 28.8 Å². The maximum Gasteiger partial charge on any atom is 0.305 e. The fourth-order valence-electron chi connectivity index (χ4n) is 3.55. The van der Waals surface area contributed by atoms with Crippen molar-refractivity contribution in [3.63, 3.8) is 0 Å². The maximum absolute atomic E-state index is 12.0. The summed E-state index contributed by atoms with van der Waals surface area (Å²) < 4.78 is 27.4. The first-order chi connectivity index (χ1) is 14.6. The summed E-state index contributed by atoms with van der Waals surface area (Å²) in [7, 11) is 0. The van der Waals surface area contributed by atoms with Crippen LogP contribution in [-0.2, 0) is 42.9 Å². The lowest BCUT2D eigenvalue weighted by Crippen LogP contribution is -2.69. The first-order valence-electron chi connectivity index (χ1n) is 10.1. The molecule has 0 aliphatic carbocycles. The van der Waals surface area contributed by atoms with E-state index in [1.54, 1.807) is 0 Å². The van der Waals surface area contributed by atoms with Crippen molar-refractivity contribution in [2.75, 3.05) is 12.5 Å². The fourth-order valence-corrected chi connectivity index (χ4v) is 3.74. The second-order valence-electron chi connectivity index (χ2n) is 7.28. The second kappa shape index (κ2) is 12.8. The molecule has 0 radical (unpaired) electrons. The molecule has 0 amide bonds. The van der Waals surface area contributed by atoms with E-state index >= 15 is 0 Å². The number of alkyl halides is 1. The molecule has 1 aliphatic rings. The molecule has 1 saturated heterocycles. The highest BCUT2D eigenvalue weighted by atomic mass is 35.5. The molecule has 1 fully saturated rings. The minimum Gasteiger partial charge on any atom is -0.456 e. The van der Waals surface area contributed by atoms with Crippen LogP contribution < -0.4 is 0 Å². The first kappa shape index (κ1) is 27.1. The summed E-state index contributed by atoms with van der Waals surface area (Å²) in [6.45, 7) is 3.89. The Hall–Kier alpha value is -1.91. The highest BCUT2D eigenvalue weighted by molar-refractivity contribution is 6.17. The number of aliphatic hydroxyl groups is 1. The minimum atomic E-state index is -1.86. The minimum absolute atomic E-state index is 0.0773. The van der Waals surface area contributed by atoms with Gasteiger partial charge in [-0.1, -0.05) is 12.8 Å². The largest absolute Gasteiger partial charge is 0.456 e. The molecule has 31 heavy (non-hydrogen) atoms. The van der Waals surface area contributed by atoms with Crippen molar-refractivity contribution in [3.05, 3.63) is 0 Å². The third-order valence-corrected chi connectivity index (χ3v) is 4.84. The summed E-state index contributed by atoms with van der Waals surface area (Å²) in [4.78, 5) is 47.3. The lowest BCUT2D eigenvalue weighted by atomic mass is 9.88. The molecule has 178 valence electrons. The van der Waals surface area contributed by atoms with Crippen LogP contribution in [0.4, 0.5) is 0 Å². The van der Waals surface area contributed by atoms with E-state index < -0.39 is 60.7 Å². The first-order valence-corrected chi connectivity index (χ1v) is 10.7. The van der Waals surface area contributed by atoms with Crippen LogP contribution in [0.15, 0.2) is 0 Å². The van der Waals surface area contributed by atoms with Gasteiger partial charge >= 0.3 is 23.9 Å². The van der Waals surface area contributed by atoms with Crippen molar-refractivity contribution in [1.82, 2.24) is 0 Å². The van der Waals surface area contributed by atoms with Crippen LogP contribution in [0, 0.1) is 0 Å². The number of hydrogen-bond acceptors (Lipinski definition) is 10. The van der Waals surface area contributed by atoms with Gasteiger partial charge in [0.15, 0.2) is 12.2 Å². The van der Waals surface area contributed by atoms with Crippen LogP contribution >= 0.6 is 11.6 Å². The number of aliphatic hydroxyl groups excluding tert-OH is 1. The second-order valence-corrected chi connectivity index (χ2v) is 7.65. The van der Waals surface area contributed by atoms with Gasteiger partial charge in [-0.15, -0.1) is 11.6 Å². The molecule has 10 nitrogen and oxygen atoms in total. The average Bonchev–Trinajstić information content (AvgIpc) is 2.65. The Bertz CT molecular complexity index is 639. The molecule has 5 atom stereocenters. The summed E-state index contributed by atoms with van der Waals surface area (Å²) in [5.74, 6) is -4.32. The van der Waals surface area contributed by atoms with Gasteiger partial charge in [-0.2, -0.15) is 0 Å². The number of ether oxygens (including phenoxy) is 5. The summed E-state index contributed by atoms with van der Waals surface area (Å²) in [6, 6.07) is 0. The predicted octanol–water partition coefficient (Wildman–Crippen LogP) is 1.62. The smallest absolute Gasteiger partial charge is 0.305 e. The predicted molar refractivity (Wildman–Crippen MR) is 107 cm³/mol. The van der Waals surface area contributed by atoms with Crippen LogP contribution in [0.1, 0.15) is 59.8 Å². The molecule has 0 bridgehead atoms. The van der Waals surface area contributed by atoms with Gasteiger partial charge in [-0.3, -0.25) is 19.2 Å². The van der Waals surface area contributed by atoms with E-state index in [1.807, 2.05) is 0 Å². The van der Waals surface area contributed by atoms with Crippen molar-refractivity contribution in [2.24, 2.45) is 0 Å². The normalized spacial score (nSPS) is 27.8. The lowest BCUT2D eigenvalue weighted by Gasteiger charge is -2.50. The van der Waals surface area contributed by atoms with E-state index in [-0.39, 0.29) is 6.42 Å². The Morgan fingerprint density at radius 1 is 0.839 bits per heavy atom. The zero-order chi connectivity index (χ0) is 23.6. The molecule has 0 spiro atoms. The van der Waals surface area contributed by atoms with Gasteiger partial charge in [0.1, 0.15) is 6.10 Å². The van der Waals surface area contributed by atoms with Crippen molar-refractivity contribution >= 4 is 35.5 Å². The zero-order valence-electron chi connectivity index (χ0n) is 18.3. The van der Waals surface area contributed by atoms with Crippen LogP contribution in [0.3, 0.4) is 0 Å². The lowest BCUT2D eigenvalue weighted by molar-refractivity contribution is -0.355. The molecule has 11 heteroatoms. The van der Waals surface area contributed by atoms with Gasteiger partial charge in [-0.05, 0) is 12.8 Å². The molecular weight excluding hydrogens is 436 g/mol. The SMILES string of the molecule is CC(=O)O[C@H]1[C@H](OC(C)=O)[C@H](OC(C)=O)[C@@](CCCCCCCl)(OC(C)=O)O[C@@H]1CO. The van der Waals surface area contributed by atoms with E-state index in [0.717, 1.165) is 40.5 Å². The quantitative estimate of drug-likeness (QED) is 0.207. The number of unbranched alkanes of at least 4 members (excludes halogenated alkanes) is 3. The number of rotatable bonds is 11. The molecule has 0 unspecified atom stereocenters. The molecule has 1 N–H and O–H groups in total. The fraction of sp³-hybridized carbons (Fsp3) is 0.800. The maximum atomic E-state index is 12.0. The highest BCUT2D eigenvalue weighted by Gasteiger charge is 2.61. The van der Waals surface area contributed by atoms with E-state index in [1.165, 1.54) is 0 Å². The molecule has 1 rings (SSSR count). The number of carbonyl (C=O) groups excluding carboxylic acids is 4. The Morgan fingerprint density at radius 2 is 1.39 bits per heavy atom. The average molecular weight is 467 g/mol. The van der Waals surface area contributed by atoms with Gasteiger partial charge in [0.2, 0.25) is 6.10 Å². The Balaban J connectivity index is 3.42. The number of halogens is 1. The van der Waals surface area contributed by atoms with Crippen LogP contribution in [0.2, 0.25) is 0 Å². The van der Waals surface area contributed by atoms with Gasteiger partial charge in [0.25, 0.3) is 5.79 Å². The van der Waals surface area contributed by atoms with E-state index in [2.05, 4.69) is 0 Å². The third kappa shape index (κ3) is 8.27. The van der Waals surface area contributed by atoms with Crippen molar-refractivity contribution in [1.29, 1.82) is 0 Å². The summed E-state index contributed by atoms with van der Waals surface area (Å²) in [6.07, 6.45) is -2.43. The van der Waals surface area contributed by atoms with Gasteiger partial charge in [0, 0.05) is 40.0 Å².